The molecule has 0 bridgehead atoms. The molecule has 0 aromatic carbocycles. The van der Waals surface area contributed by atoms with Gasteiger partial charge in [-0.3, -0.25) is 4.18 Å². The van der Waals surface area contributed by atoms with Gasteiger partial charge >= 0.3 is 0 Å². The molecule has 0 aliphatic heterocycles. The average Bonchev–Trinajstić information content (AvgIpc) is 2.14. The van der Waals surface area contributed by atoms with Gasteiger partial charge in [-0.2, -0.15) is 0 Å². The summed E-state index contributed by atoms with van der Waals surface area (Å²) in [4.78, 5) is 0. The second-order valence-corrected chi connectivity index (χ2v) is 5.35. The molecule has 0 amide bonds. The average molecular weight is 269 g/mol. The predicted molar refractivity (Wildman–Crippen MR) is 68.8 cm³/mol. The molecular weight excluding hydrogens is 242 g/mol. The molecular formula is C11H27NO4S. The Morgan fingerprint density at radius 3 is 1.82 bits per heavy atom. The van der Waals surface area contributed by atoms with Crippen molar-refractivity contribution in [2.75, 3.05) is 0 Å². The van der Waals surface area contributed by atoms with E-state index in [0.717, 1.165) is 19.3 Å². The van der Waals surface area contributed by atoms with Crippen molar-refractivity contribution >= 4 is 10.4 Å². The number of rotatable bonds is 8. The van der Waals surface area contributed by atoms with Crippen LogP contribution in [-0.4, -0.2) is 18.6 Å². The molecule has 1 atom stereocenters. The Labute approximate surface area is 105 Å². The number of hydrogen-bond acceptors (Lipinski definition) is 4. The molecule has 0 spiro atoms. The standard InChI is InChI=1S/C11H24O4S.H3N/c1-5-8-11(9-6-2,10(4)7-3)15-16(12,13)14;/h10H,5-9H2,1-4H3,(H,12,13,14);1H3. The largest absolute Gasteiger partial charge is 0.726 e. The van der Waals surface area contributed by atoms with Gasteiger partial charge in [-0.1, -0.05) is 47.0 Å². The highest BCUT2D eigenvalue weighted by Gasteiger charge is 2.36. The Balaban J connectivity index is 0. The van der Waals surface area contributed by atoms with Gasteiger partial charge in [-0.25, -0.2) is 8.42 Å². The molecule has 0 aromatic heterocycles. The van der Waals surface area contributed by atoms with Gasteiger partial charge in [0.25, 0.3) is 0 Å². The van der Waals surface area contributed by atoms with Crippen molar-refractivity contribution in [2.24, 2.45) is 5.92 Å². The molecule has 0 aliphatic carbocycles. The summed E-state index contributed by atoms with van der Waals surface area (Å²) in [5, 5.41) is 0. The summed E-state index contributed by atoms with van der Waals surface area (Å²) in [5.74, 6) is 0.0659. The Bertz CT molecular complexity index is 284. The smallest absolute Gasteiger partial charge is 0.218 e. The zero-order valence-electron chi connectivity index (χ0n) is 11.7. The normalized spacial score (nSPS) is 14.2. The molecule has 5 nitrogen and oxygen atoms in total. The van der Waals surface area contributed by atoms with Crippen molar-refractivity contribution in [3.8, 4) is 0 Å². The third-order valence-electron chi connectivity index (χ3n) is 3.12. The fourth-order valence-corrected chi connectivity index (χ4v) is 2.94. The van der Waals surface area contributed by atoms with E-state index in [9.17, 15) is 13.0 Å². The highest BCUT2D eigenvalue weighted by molar-refractivity contribution is 7.80. The number of quaternary nitrogens is 1. The minimum Gasteiger partial charge on any atom is -0.726 e. The van der Waals surface area contributed by atoms with E-state index in [1.54, 1.807) is 0 Å². The Hall–Kier alpha value is -0.170. The third kappa shape index (κ3) is 6.35. The number of hydrogen-bond donors (Lipinski definition) is 1. The van der Waals surface area contributed by atoms with Gasteiger partial charge in [0.05, 0.1) is 5.60 Å². The lowest BCUT2D eigenvalue weighted by atomic mass is 9.80. The van der Waals surface area contributed by atoms with Crippen LogP contribution in [0.25, 0.3) is 0 Å². The SMILES string of the molecule is CCCC(CCC)(OS(=O)(=O)[O-])C(C)CC.[NH4+]. The molecule has 0 rings (SSSR count). The third-order valence-corrected chi connectivity index (χ3v) is 3.66. The van der Waals surface area contributed by atoms with Crippen LogP contribution in [0.3, 0.4) is 0 Å². The topological polar surface area (TPSA) is 103 Å². The molecule has 6 heteroatoms. The van der Waals surface area contributed by atoms with Crippen LogP contribution >= 0.6 is 0 Å². The fraction of sp³-hybridized carbons (Fsp3) is 1.00. The molecule has 0 aliphatic rings. The zero-order valence-corrected chi connectivity index (χ0v) is 12.5. The summed E-state index contributed by atoms with van der Waals surface area (Å²) in [6.45, 7) is 7.85. The van der Waals surface area contributed by atoms with E-state index in [-0.39, 0.29) is 12.1 Å². The fourth-order valence-electron chi connectivity index (χ4n) is 2.20. The van der Waals surface area contributed by atoms with Gasteiger partial charge in [0.1, 0.15) is 0 Å². The second-order valence-electron chi connectivity index (χ2n) is 4.37. The van der Waals surface area contributed by atoms with Crippen LogP contribution in [0.15, 0.2) is 0 Å². The molecule has 106 valence electrons. The first-order chi connectivity index (χ1) is 7.31. The quantitative estimate of drug-likeness (QED) is 0.539. The lowest BCUT2D eigenvalue weighted by Gasteiger charge is -2.38. The van der Waals surface area contributed by atoms with E-state index in [1.807, 2.05) is 27.7 Å². The van der Waals surface area contributed by atoms with Crippen LogP contribution in [0, 0.1) is 5.92 Å². The van der Waals surface area contributed by atoms with E-state index < -0.39 is 16.0 Å². The van der Waals surface area contributed by atoms with E-state index in [0.29, 0.717) is 12.8 Å². The highest BCUT2D eigenvalue weighted by Crippen LogP contribution is 2.35. The second kappa shape index (κ2) is 8.02. The molecule has 0 heterocycles. The molecule has 0 saturated heterocycles. The van der Waals surface area contributed by atoms with Gasteiger partial charge in [0.2, 0.25) is 10.4 Å². The van der Waals surface area contributed by atoms with E-state index >= 15 is 0 Å². The van der Waals surface area contributed by atoms with Crippen molar-refractivity contribution in [3.63, 3.8) is 0 Å². The Kier molecular flexibility index (Phi) is 9.05. The van der Waals surface area contributed by atoms with Gasteiger partial charge in [-0.05, 0) is 18.8 Å². The molecule has 17 heavy (non-hydrogen) atoms. The summed E-state index contributed by atoms with van der Waals surface area (Å²) >= 11 is 0. The van der Waals surface area contributed by atoms with Crippen LogP contribution in [0.5, 0.6) is 0 Å². The minimum atomic E-state index is -4.63. The summed E-state index contributed by atoms with van der Waals surface area (Å²) in [6.07, 6.45) is 3.63. The van der Waals surface area contributed by atoms with Crippen molar-refractivity contribution in [3.05, 3.63) is 0 Å². The first-order valence-electron chi connectivity index (χ1n) is 5.97. The summed E-state index contributed by atoms with van der Waals surface area (Å²) in [7, 11) is -4.63. The first-order valence-corrected chi connectivity index (χ1v) is 7.31. The van der Waals surface area contributed by atoms with Gasteiger partial charge in [0, 0.05) is 0 Å². The van der Waals surface area contributed by atoms with Gasteiger partial charge in [0.15, 0.2) is 0 Å². The molecule has 0 saturated carbocycles. The maximum atomic E-state index is 10.8. The Morgan fingerprint density at radius 2 is 1.59 bits per heavy atom. The van der Waals surface area contributed by atoms with Gasteiger partial charge in [-0.15, -0.1) is 0 Å². The summed E-state index contributed by atoms with van der Waals surface area (Å²) in [5.41, 5.74) is -0.807. The molecule has 0 aromatic rings. The van der Waals surface area contributed by atoms with Crippen LogP contribution in [0.2, 0.25) is 0 Å². The van der Waals surface area contributed by atoms with E-state index in [4.69, 9.17) is 4.18 Å². The zero-order chi connectivity index (χ0) is 12.8. The van der Waals surface area contributed by atoms with E-state index in [1.165, 1.54) is 0 Å². The first kappa shape index (κ1) is 19.2. The monoisotopic (exact) mass is 269 g/mol. The molecule has 0 fully saturated rings. The van der Waals surface area contributed by atoms with Crippen LogP contribution in [0.1, 0.15) is 59.8 Å². The van der Waals surface area contributed by atoms with E-state index in [2.05, 4.69) is 0 Å². The van der Waals surface area contributed by atoms with Crippen molar-refractivity contribution in [1.82, 2.24) is 6.15 Å². The van der Waals surface area contributed by atoms with Crippen LogP contribution in [0.4, 0.5) is 0 Å². The van der Waals surface area contributed by atoms with Gasteiger partial charge < -0.3 is 10.7 Å². The predicted octanol–water partition coefficient (Wildman–Crippen LogP) is 3.22. The molecule has 1 unspecified atom stereocenters. The van der Waals surface area contributed by atoms with Crippen LogP contribution in [-0.2, 0) is 14.6 Å². The minimum absolute atomic E-state index is 0. The Morgan fingerprint density at radius 1 is 1.18 bits per heavy atom. The highest BCUT2D eigenvalue weighted by atomic mass is 32.3. The summed E-state index contributed by atoms with van der Waals surface area (Å²) < 4.78 is 37.4. The van der Waals surface area contributed by atoms with Crippen molar-refractivity contribution in [2.45, 2.75) is 65.4 Å². The van der Waals surface area contributed by atoms with Crippen molar-refractivity contribution < 1.29 is 17.2 Å². The molecule has 0 radical (unpaired) electrons. The maximum Gasteiger partial charge on any atom is 0.218 e. The summed E-state index contributed by atoms with van der Waals surface area (Å²) in [6, 6.07) is 0. The lowest BCUT2D eigenvalue weighted by molar-refractivity contribution is -0.00863. The van der Waals surface area contributed by atoms with Crippen LogP contribution < -0.4 is 6.15 Å². The lowest BCUT2D eigenvalue weighted by Crippen LogP contribution is -2.41. The van der Waals surface area contributed by atoms with Crippen molar-refractivity contribution in [1.29, 1.82) is 0 Å². The molecule has 4 N–H and O–H groups in total. The maximum absolute atomic E-state index is 10.8.